The maximum Gasteiger partial charge on any atom is 0.255 e. The van der Waals surface area contributed by atoms with Crippen LogP contribution in [0.1, 0.15) is 23.2 Å². The lowest BCUT2D eigenvalue weighted by Crippen LogP contribution is -2.47. The van der Waals surface area contributed by atoms with Crippen LogP contribution >= 0.6 is 11.6 Å². The summed E-state index contributed by atoms with van der Waals surface area (Å²) in [4.78, 5) is 20.3. The molecule has 0 aromatic carbocycles. The van der Waals surface area contributed by atoms with E-state index in [1.165, 1.54) is 6.20 Å². The number of piperidine rings is 1. The van der Waals surface area contributed by atoms with Crippen molar-refractivity contribution < 1.29 is 4.79 Å². The lowest BCUT2D eigenvalue weighted by Gasteiger charge is -2.36. The summed E-state index contributed by atoms with van der Waals surface area (Å²) in [5, 5.41) is 0.415. The number of aromatic nitrogens is 1. The SMILES string of the molecule is CN1CCCC(N(C)C(=O)c2ccncc2Cl)C1. The summed E-state index contributed by atoms with van der Waals surface area (Å²) in [5.41, 5.74) is 0.530. The van der Waals surface area contributed by atoms with Gasteiger partial charge in [0, 0.05) is 32.0 Å². The Hall–Kier alpha value is -1.13. The number of amides is 1. The van der Waals surface area contributed by atoms with E-state index in [0.717, 1.165) is 25.9 Å². The van der Waals surface area contributed by atoms with Crippen molar-refractivity contribution in [2.75, 3.05) is 27.2 Å². The number of hydrogen-bond donors (Lipinski definition) is 0. The van der Waals surface area contributed by atoms with Gasteiger partial charge in [0.05, 0.1) is 10.6 Å². The summed E-state index contributed by atoms with van der Waals surface area (Å²) in [5.74, 6) is -0.0253. The maximum atomic E-state index is 12.4. The van der Waals surface area contributed by atoms with Crippen molar-refractivity contribution >= 4 is 17.5 Å². The van der Waals surface area contributed by atoms with Gasteiger partial charge in [-0.15, -0.1) is 0 Å². The molecule has 1 fully saturated rings. The fraction of sp³-hybridized carbons (Fsp3) is 0.538. The highest BCUT2D eigenvalue weighted by molar-refractivity contribution is 6.33. The third kappa shape index (κ3) is 2.82. The van der Waals surface area contributed by atoms with Crippen molar-refractivity contribution in [3.63, 3.8) is 0 Å². The van der Waals surface area contributed by atoms with E-state index in [1.807, 2.05) is 7.05 Å². The molecule has 0 N–H and O–H groups in total. The van der Waals surface area contributed by atoms with E-state index in [-0.39, 0.29) is 11.9 Å². The molecular formula is C13H18ClN3O. The maximum absolute atomic E-state index is 12.4. The molecule has 2 rings (SSSR count). The molecule has 1 saturated heterocycles. The van der Waals surface area contributed by atoms with Gasteiger partial charge in [-0.3, -0.25) is 9.78 Å². The van der Waals surface area contributed by atoms with Gasteiger partial charge in [-0.25, -0.2) is 0 Å². The number of rotatable bonds is 2. The molecule has 5 heteroatoms. The summed E-state index contributed by atoms with van der Waals surface area (Å²) in [6.07, 6.45) is 5.29. The van der Waals surface area contributed by atoms with Gasteiger partial charge in [0.25, 0.3) is 5.91 Å². The Balaban J connectivity index is 2.11. The summed E-state index contributed by atoms with van der Waals surface area (Å²) in [7, 11) is 3.94. The number of halogens is 1. The fourth-order valence-electron chi connectivity index (χ4n) is 2.36. The van der Waals surface area contributed by atoms with Gasteiger partial charge in [-0.05, 0) is 32.5 Å². The molecule has 1 aliphatic heterocycles. The van der Waals surface area contributed by atoms with Crippen molar-refractivity contribution in [1.29, 1.82) is 0 Å². The number of likely N-dealkylation sites (N-methyl/N-ethyl adjacent to an activating group) is 2. The molecule has 1 amide bonds. The molecule has 18 heavy (non-hydrogen) atoms. The predicted octanol–water partition coefficient (Wildman–Crippen LogP) is 1.90. The van der Waals surface area contributed by atoms with Crippen LogP contribution in [0.4, 0.5) is 0 Å². The van der Waals surface area contributed by atoms with Crippen LogP contribution in [0.15, 0.2) is 18.5 Å². The average molecular weight is 268 g/mol. The molecule has 1 aliphatic rings. The van der Waals surface area contributed by atoms with Crippen molar-refractivity contribution in [1.82, 2.24) is 14.8 Å². The second-order valence-electron chi connectivity index (χ2n) is 4.83. The van der Waals surface area contributed by atoms with Crippen molar-refractivity contribution in [2.45, 2.75) is 18.9 Å². The number of carbonyl (C=O) groups is 1. The van der Waals surface area contributed by atoms with Crippen LogP contribution in [0.5, 0.6) is 0 Å². The molecular weight excluding hydrogens is 250 g/mol. The Bertz CT molecular complexity index is 438. The molecule has 1 aromatic heterocycles. The molecule has 1 aromatic rings. The molecule has 1 unspecified atom stereocenters. The molecule has 0 radical (unpaired) electrons. The second-order valence-corrected chi connectivity index (χ2v) is 5.24. The third-order valence-electron chi connectivity index (χ3n) is 3.47. The van der Waals surface area contributed by atoms with E-state index in [0.29, 0.717) is 10.6 Å². The van der Waals surface area contributed by atoms with E-state index in [1.54, 1.807) is 17.2 Å². The summed E-state index contributed by atoms with van der Waals surface area (Å²) < 4.78 is 0. The summed E-state index contributed by atoms with van der Waals surface area (Å²) >= 11 is 6.01. The number of carbonyl (C=O) groups excluding carboxylic acids is 1. The van der Waals surface area contributed by atoms with Gasteiger partial charge in [-0.1, -0.05) is 11.6 Å². The van der Waals surface area contributed by atoms with Crippen molar-refractivity contribution in [2.24, 2.45) is 0 Å². The van der Waals surface area contributed by atoms with Crippen LogP contribution in [0.2, 0.25) is 5.02 Å². The molecule has 1 atom stereocenters. The zero-order valence-corrected chi connectivity index (χ0v) is 11.5. The number of nitrogens with zero attached hydrogens (tertiary/aromatic N) is 3. The van der Waals surface area contributed by atoms with Crippen LogP contribution in [0.3, 0.4) is 0 Å². The molecule has 4 nitrogen and oxygen atoms in total. The highest BCUT2D eigenvalue weighted by Gasteiger charge is 2.26. The Morgan fingerprint density at radius 3 is 3.06 bits per heavy atom. The highest BCUT2D eigenvalue weighted by Crippen LogP contribution is 2.19. The minimum atomic E-state index is -0.0253. The first-order valence-corrected chi connectivity index (χ1v) is 6.52. The van der Waals surface area contributed by atoms with Gasteiger partial charge in [0.1, 0.15) is 0 Å². The van der Waals surface area contributed by atoms with Crippen molar-refractivity contribution in [3.8, 4) is 0 Å². The number of hydrogen-bond acceptors (Lipinski definition) is 3. The third-order valence-corrected chi connectivity index (χ3v) is 3.77. The first kappa shape index (κ1) is 13.3. The molecule has 0 bridgehead atoms. The smallest absolute Gasteiger partial charge is 0.255 e. The topological polar surface area (TPSA) is 36.4 Å². The minimum Gasteiger partial charge on any atom is -0.337 e. The predicted molar refractivity (Wildman–Crippen MR) is 71.9 cm³/mol. The van der Waals surface area contributed by atoms with Crippen LogP contribution in [0.25, 0.3) is 0 Å². The molecule has 2 heterocycles. The van der Waals surface area contributed by atoms with Gasteiger partial charge in [-0.2, -0.15) is 0 Å². The Labute approximate surface area is 113 Å². The quantitative estimate of drug-likeness (QED) is 0.821. The lowest BCUT2D eigenvalue weighted by atomic mass is 10.0. The van der Waals surface area contributed by atoms with Gasteiger partial charge in [0.2, 0.25) is 0 Å². The van der Waals surface area contributed by atoms with Crippen LogP contribution in [0, 0.1) is 0 Å². The van der Waals surface area contributed by atoms with Crippen LogP contribution in [-0.2, 0) is 0 Å². The Morgan fingerprint density at radius 2 is 2.39 bits per heavy atom. The van der Waals surface area contributed by atoms with E-state index < -0.39 is 0 Å². The van der Waals surface area contributed by atoms with Crippen molar-refractivity contribution in [3.05, 3.63) is 29.0 Å². The van der Waals surface area contributed by atoms with E-state index in [9.17, 15) is 4.79 Å². The summed E-state index contributed by atoms with van der Waals surface area (Å²) in [6.45, 7) is 2.03. The first-order chi connectivity index (χ1) is 8.59. The monoisotopic (exact) mass is 267 g/mol. The van der Waals surface area contributed by atoms with E-state index in [2.05, 4.69) is 16.9 Å². The van der Waals surface area contributed by atoms with E-state index >= 15 is 0 Å². The zero-order valence-electron chi connectivity index (χ0n) is 10.8. The highest BCUT2D eigenvalue weighted by atomic mass is 35.5. The van der Waals surface area contributed by atoms with E-state index in [4.69, 9.17) is 11.6 Å². The summed E-state index contributed by atoms with van der Waals surface area (Å²) in [6, 6.07) is 1.94. The standard InChI is InChI=1S/C13H18ClN3O/c1-16-7-3-4-10(9-16)17(2)13(18)11-5-6-15-8-12(11)14/h5-6,8,10H,3-4,7,9H2,1-2H3. The Kier molecular flexibility index (Phi) is 4.19. The van der Waals surface area contributed by atoms with Gasteiger partial charge < -0.3 is 9.80 Å². The Morgan fingerprint density at radius 1 is 1.61 bits per heavy atom. The fourth-order valence-corrected chi connectivity index (χ4v) is 2.56. The van der Waals surface area contributed by atoms with Gasteiger partial charge in [0.15, 0.2) is 0 Å². The average Bonchev–Trinajstić information content (AvgIpc) is 2.37. The zero-order chi connectivity index (χ0) is 13.1. The van der Waals surface area contributed by atoms with Gasteiger partial charge >= 0.3 is 0 Å². The van der Waals surface area contributed by atoms with Crippen LogP contribution in [-0.4, -0.2) is 53.9 Å². The minimum absolute atomic E-state index is 0.0253. The number of likely N-dealkylation sites (tertiary alicyclic amines) is 1. The number of pyridine rings is 1. The molecule has 0 saturated carbocycles. The second kappa shape index (κ2) is 5.67. The molecule has 0 spiro atoms. The molecule has 0 aliphatic carbocycles. The lowest BCUT2D eigenvalue weighted by molar-refractivity contribution is 0.0644. The molecule has 98 valence electrons. The largest absolute Gasteiger partial charge is 0.337 e. The first-order valence-electron chi connectivity index (χ1n) is 6.15. The van der Waals surface area contributed by atoms with Crippen LogP contribution < -0.4 is 0 Å². The normalized spacial score (nSPS) is 20.7.